The Labute approximate surface area is 190 Å². The van der Waals surface area contributed by atoms with Crippen molar-refractivity contribution in [2.45, 2.75) is 31.8 Å². The quantitative estimate of drug-likeness (QED) is 0.500. The molecular formula is C26H25N5O2. The second-order valence-electron chi connectivity index (χ2n) is 8.96. The number of fused-ring (bicyclic) bond motifs is 3. The molecule has 0 spiro atoms. The van der Waals surface area contributed by atoms with Crippen LogP contribution in [0, 0.1) is 0 Å². The molecule has 1 amide bonds. The fraction of sp³-hybridized carbons (Fsp3) is 0.269. The van der Waals surface area contributed by atoms with Gasteiger partial charge in [-0.15, -0.1) is 0 Å². The van der Waals surface area contributed by atoms with Gasteiger partial charge in [0.1, 0.15) is 11.2 Å². The number of H-pyrrole nitrogens is 1. The lowest BCUT2D eigenvalue weighted by molar-refractivity contribution is 0.0946. The molecule has 0 unspecified atom stereocenters. The molecule has 166 valence electrons. The van der Waals surface area contributed by atoms with E-state index in [4.69, 9.17) is 0 Å². The number of carbonyl (C=O) groups is 1. The van der Waals surface area contributed by atoms with E-state index in [1.165, 1.54) is 11.1 Å². The minimum atomic E-state index is -0.0814. The van der Waals surface area contributed by atoms with Crippen molar-refractivity contribution >= 4 is 28.0 Å². The van der Waals surface area contributed by atoms with Gasteiger partial charge < -0.3 is 14.7 Å². The Kier molecular flexibility index (Phi) is 4.84. The van der Waals surface area contributed by atoms with Gasteiger partial charge in [-0.3, -0.25) is 19.5 Å². The molecule has 1 aliphatic carbocycles. The van der Waals surface area contributed by atoms with Gasteiger partial charge in [0.15, 0.2) is 0 Å². The topological polar surface area (TPSA) is 82.5 Å². The average Bonchev–Trinajstić information content (AvgIpc) is 3.50. The van der Waals surface area contributed by atoms with Crippen molar-refractivity contribution < 1.29 is 4.79 Å². The number of benzene rings is 1. The van der Waals surface area contributed by atoms with Gasteiger partial charge in [0.2, 0.25) is 0 Å². The van der Waals surface area contributed by atoms with E-state index in [-0.39, 0.29) is 11.5 Å². The lowest BCUT2D eigenvalue weighted by Gasteiger charge is -2.26. The van der Waals surface area contributed by atoms with Gasteiger partial charge in [-0.05, 0) is 66.3 Å². The molecule has 0 bridgehead atoms. The maximum atomic E-state index is 12.3. The third-order valence-corrected chi connectivity index (χ3v) is 6.53. The molecule has 0 saturated heterocycles. The summed E-state index contributed by atoms with van der Waals surface area (Å²) in [5.74, 6) is -0.0814. The number of carbonyl (C=O) groups excluding carboxylic acids is 1. The fourth-order valence-electron chi connectivity index (χ4n) is 4.53. The molecule has 0 atom stereocenters. The van der Waals surface area contributed by atoms with Crippen molar-refractivity contribution in [3.05, 3.63) is 88.1 Å². The summed E-state index contributed by atoms with van der Waals surface area (Å²) in [4.78, 5) is 34.2. The molecule has 6 rings (SSSR count). The number of nitrogens with one attached hydrogen (secondary N) is 2. The van der Waals surface area contributed by atoms with E-state index < -0.39 is 0 Å². The first-order valence-corrected chi connectivity index (χ1v) is 11.4. The number of aromatic amines is 1. The largest absolute Gasteiger partial charge is 0.348 e. The predicted octanol–water partition coefficient (Wildman–Crippen LogP) is 3.36. The Balaban J connectivity index is 1.14. The summed E-state index contributed by atoms with van der Waals surface area (Å²) in [6.45, 7) is 2.62. The third kappa shape index (κ3) is 3.96. The lowest BCUT2D eigenvalue weighted by atomic mass is 10.0. The van der Waals surface area contributed by atoms with Crippen molar-refractivity contribution in [2.75, 3.05) is 13.1 Å². The second kappa shape index (κ2) is 8.01. The highest BCUT2D eigenvalue weighted by Crippen LogP contribution is 2.24. The molecule has 2 aliphatic rings. The van der Waals surface area contributed by atoms with Crippen LogP contribution in [0.4, 0.5) is 0 Å². The Morgan fingerprint density at radius 3 is 2.82 bits per heavy atom. The molecule has 1 saturated carbocycles. The highest BCUT2D eigenvalue weighted by molar-refractivity contribution is 5.92. The van der Waals surface area contributed by atoms with Gasteiger partial charge in [-0.1, -0.05) is 18.2 Å². The van der Waals surface area contributed by atoms with Crippen LogP contribution in [-0.4, -0.2) is 44.3 Å². The number of hydrogen-bond acceptors (Lipinski definition) is 4. The molecule has 1 fully saturated rings. The Morgan fingerprint density at radius 1 is 1.15 bits per heavy atom. The van der Waals surface area contributed by atoms with Crippen LogP contribution >= 0.6 is 0 Å². The first-order valence-electron chi connectivity index (χ1n) is 11.4. The number of hydrogen-bond donors (Lipinski definition) is 2. The minimum absolute atomic E-state index is 0.0696. The van der Waals surface area contributed by atoms with Gasteiger partial charge >= 0.3 is 0 Å². The van der Waals surface area contributed by atoms with Crippen LogP contribution in [-0.2, 0) is 6.54 Å². The van der Waals surface area contributed by atoms with Gasteiger partial charge in [0, 0.05) is 38.1 Å². The van der Waals surface area contributed by atoms with Gasteiger partial charge in [-0.2, -0.15) is 0 Å². The number of rotatable bonds is 5. The molecule has 33 heavy (non-hydrogen) atoms. The first kappa shape index (κ1) is 19.9. The Bertz CT molecular complexity index is 1440. The standard InChI is InChI=1S/C26H25N5O2/c32-25(28-20-5-6-20)21-7-4-19(15-27-21)18-9-12-30(13-10-18)16-17-3-8-23-22(14-17)29-26(33)24-2-1-11-31(23)24/h1-4,7-9,11,14-15,20H,5-6,10,12-13,16H2,(H,28,32)(H,29,33). The van der Waals surface area contributed by atoms with Gasteiger partial charge in [0.05, 0.1) is 11.0 Å². The summed E-state index contributed by atoms with van der Waals surface area (Å²) in [7, 11) is 0. The first-order chi connectivity index (χ1) is 16.1. The zero-order chi connectivity index (χ0) is 22.4. The summed E-state index contributed by atoms with van der Waals surface area (Å²) < 4.78 is 1.93. The van der Waals surface area contributed by atoms with Crippen molar-refractivity contribution in [3.8, 4) is 0 Å². The maximum absolute atomic E-state index is 12.3. The van der Waals surface area contributed by atoms with Gasteiger partial charge in [0.25, 0.3) is 11.5 Å². The van der Waals surface area contributed by atoms with Crippen LogP contribution in [0.3, 0.4) is 0 Å². The molecule has 1 aliphatic heterocycles. The van der Waals surface area contributed by atoms with Crippen LogP contribution in [0.2, 0.25) is 0 Å². The van der Waals surface area contributed by atoms with E-state index in [1.807, 2.05) is 41.1 Å². The lowest BCUT2D eigenvalue weighted by Crippen LogP contribution is -2.28. The van der Waals surface area contributed by atoms with E-state index >= 15 is 0 Å². The number of aromatic nitrogens is 3. The molecule has 4 heterocycles. The van der Waals surface area contributed by atoms with Crippen molar-refractivity contribution in [1.29, 1.82) is 0 Å². The molecule has 4 aromatic rings. The molecule has 1 aromatic carbocycles. The molecule has 7 heteroatoms. The smallest absolute Gasteiger partial charge is 0.272 e. The monoisotopic (exact) mass is 439 g/mol. The minimum Gasteiger partial charge on any atom is -0.348 e. The normalized spacial score (nSPS) is 16.8. The number of amides is 1. The predicted molar refractivity (Wildman–Crippen MR) is 128 cm³/mol. The Hall–Kier alpha value is -3.71. The maximum Gasteiger partial charge on any atom is 0.272 e. The second-order valence-corrected chi connectivity index (χ2v) is 8.96. The van der Waals surface area contributed by atoms with Crippen LogP contribution in [0.15, 0.2) is 65.7 Å². The zero-order valence-electron chi connectivity index (χ0n) is 18.3. The highest BCUT2D eigenvalue weighted by atomic mass is 16.2. The Morgan fingerprint density at radius 2 is 2.06 bits per heavy atom. The van der Waals surface area contributed by atoms with Crippen LogP contribution in [0.25, 0.3) is 22.1 Å². The van der Waals surface area contributed by atoms with Crippen molar-refractivity contribution in [3.63, 3.8) is 0 Å². The average molecular weight is 440 g/mol. The summed E-state index contributed by atoms with van der Waals surface area (Å²) >= 11 is 0. The summed E-state index contributed by atoms with van der Waals surface area (Å²) in [6, 6.07) is 14.2. The van der Waals surface area contributed by atoms with E-state index in [1.54, 1.807) is 0 Å². The van der Waals surface area contributed by atoms with Crippen molar-refractivity contribution in [1.82, 2.24) is 24.6 Å². The number of pyridine rings is 1. The highest BCUT2D eigenvalue weighted by Gasteiger charge is 2.24. The van der Waals surface area contributed by atoms with Crippen LogP contribution < -0.4 is 10.9 Å². The summed E-state index contributed by atoms with van der Waals surface area (Å²) in [5.41, 5.74) is 6.45. The number of nitrogens with zero attached hydrogens (tertiary/aromatic N) is 3. The summed E-state index contributed by atoms with van der Waals surface area (Å²) in [6.07, 6.45) is 9.05. The molecular weight excluding hydrogens is 414 g/mol. The SMILES string of the molecule is O=C(NC1CC1)c1ccc(C2=CCN(Cc3ccc4c(c3)[nH]c(=O)c3cccn34)CC2)cn1. The molecule has 7 nitrogen and oxygen atoms in total. The van der Waals surface area contributed by atoms with Crippen LogP contribution in [0.1, 0.15) is 40.9 Å². The van der Waals surface area contributed by atoms with Crippen molar-refractivity contribution in [2.24, 2.45) is 0 Å². The molecule has 3 aromatic heterocycles. The molecule has 2 N–H and O–H groups in total. The zero-order valence-corrected chi connectivity index (χ0v) is 18.3. The fourth-order valence-corrected chi connectivity index (χ4v) is 4.53. The van der Waals surface area contributed by atoms with Gasteiger partial charge in [-0.25, -0.2) is 0 Å². The summed E-state index contributed by atoms with van der Waals surface area (Å²) in [5, 5.41) is 2.98. The van der Waals surface area contributed by atoms with E-state index in [0.29, 0.717) is 17.3 Å². The van der Waals surface area contributed by atoms with E-state index in [9.17, 15) is 9.59 Å². The van der Waals surface area contributed by atoms with E-state index in [2.05, 4.69) is 44.5 Å². The van der Waals surface area contributed by atoms with E-state index in [0.717, 1.165) is 55.5 Å². The third-order valence-electron chi connectivity index (χ3n) is 6.53. The van der Waals surface area contributed by atoms with Crippen LogP contribution in [0.5, 0.6) is 0 Å². The molecule has 0 radical (unpaired) electrons.